The van der Waals surface area contributed by atoms with Gasteiger partial charge in [0.25, 0.3) is 0 Å². The number of hydrogen-bond acceptors (Lipinski definition) is 2. The summed E-state index contributed by atoms with van der Waals surface area (Å²) in [4.78, 5) is 1.79. The van der Waals surface area contributed by atoms with Gasteiger partial charge < -0.3 is 10.6 Å². The predicted molar refractivity (Wildman–Crippen MR) is 60.9 cm³/mol. The molecule has 1 unspecified atom stereocenters. The van der Waals surface area contributed by atoms with E-state index in [1.54, 1.807) is 4.90 Å². The Morgan fingerprint density at radius 3 is 2.41 bits per heavy atom. The molecule has 0 radical (unpaired) electrons. The van der Waals surface area contributed by atoms with Crippen molar-refractivity contribution in [2.45, 2.75) is 32.4 Å². The zero-order chi connectivity index (χ0) is 13.1. The second-order valence-corrected chi connectivity index (χ2v) is 4.75. The SMILES string of the molecule is CCCN(CC1CC1)CC(C(=N)N)C(F)(F)F. The van der Waals surface area contributed by atoms with Gasteiger partial charge in [-0.1, -0.05) is 6.92 Å². The molecule has 3 nitrogen and oxygen atoms in total. The molecule has 1 aliphatic carbocycles. The van der Waals surface area contributed by atoms with Crippen LogP contribution in [0.5, 0.6) is 0 Å². The minimum Gasteiger partial charge on any atom is -0.387 e. The summed E-state index contributed by atoms with van der Waals surface area (Å²) < 4.78 is 38.0. The lowest BCUT2D eigenvalue weighted by molar-refractivity contribution is -0.160. The molecule has 17 heavy (non-hydrogen) atoms. The Morgan fingerprint density at radius 1 is 1.47 bits per heavy atom. The van der Waals surface area contributed by atoms with E-state index in [-0.39, 0.29) is 6.54 Å². The summed E-state index contributed by atoms with van der Waals surface area (Å²) >= 11 is 0. The Balaban J connectivity index is 2.57. The van der Waals surface area contributed by atoms with E-state index < -0.39 is 17.9 Å². The van der Waals surface area contributed by atoms with Gasteiger partial charge in [0, 0.05) is 13.1 Å². The van der Waals surface area contributed by atoms with E-state index in [2.05, 4.69) is 0 Å². The van der Waals surface area contributed by atoms with Crippen LogP contribution in [0.4, 0.5) is 13.2 Å². The van der Waals surface area contributed by atoms with Crippen molar-refractivity contribution in [3.8, 4) is 0 Å². The van der Waals surface area contributed by atoms with E-state index >= 15 is 0 Å². The van der Waals surface area contributed by atoms with Crippen molar-refractivity contribution < 1.29 is 13.2 Å². The molecule has 100 valence electrons. The van der Waals surface area contributed by atoms with Crippen LogP contribution in [-0.4, -0.2) is 36.5 Å². The molecule has 0 spiro atoms. The molecular weight excluding hydrogens is 231 g/mol. The first kappa shape index (κ1) is 14.3. The summed E-state index contributed by atoms with van der Waals surface area (Å²) in [6.07, 6.45) is -1.38. The van der Waals surface area contributed by atoms with Gasteiger partial charge in [0.2, 0.25) is 0 Å². The fourth-order valence-corrected chi connectivity index (χ4v) is 1.88. The average molecular weight is 251 g/mol. The number of alkyl halides is 3. The number of amidine groups is 1. The molecule has 0 aromatic carbocycles. The third kappa shape index (κ3) is 4.93. The largest absolute Gasteiger partial charge is 0.399 e. The maximum Gasteiger partial charge on any atom is 0.399 e. The van der Waals surface area contributed by atoms with Crippen molar-refractivity contribution >= 4 is 5.84 Å². The first-order valence-electron chi connectivity index (χ1n) is 5.97. The molecule has 0 saturated heterocycles. The topological polar surface area (TPSA) is 53.1 Å². The number of nitrogens with two attached hydrogens (primary N) is 1. The van der Waals surface area contributed by atoms with E-state index in [1.807, 2.05) is 6.92 Å². The standard InChI is InChI=1S/C11H20F3N3/c1-2-5-17(6-8-3-4-8)7-9(10(15)16)11(12,13)14/h8-9H,2-7H2,1H3,(H3,15,16). The highest BCUT2D eigenvalue weighted by Crippen LogP contribution is 2.32. The molecule has 0 aromatic rings. The summed E-state index contributed by atoms with van der Waals surface area (Å²) in [5.74, 6) is -2.07. The Bertz CT molecular complexity index is 261. The lowest BCUT2D eigenvalue weighted by Crippen LogP contribution is -2.44. The van der Waals surface area contributed by atoms with Crippen LogP contribution in [0.1, 0.15) is 26.2 Å². The maximum atomic E-state index is 12.7. The number of nitrogens with one attached hydrogen (secondary N) is 1. The molecular formula is C11H20F3N3. The summed E-state index contributed by atoms with van der Waals surface area (Å²) in [5, 5.41) is 7.06. The van der Waals surface area contributed by atoms with E-state index in [4.69, 9.17) is 11.1 Å². The Hall–Kier alpha value is -0.780. The van der Waals surface area contributed by atoms with Crippen LogP contribution in [0.2, 0.25) is 0 Å². The predicted octanol–water partition coefficient (Wildman–Crippen LogP) is 2.22. The second-order valence-electron chi connectivity index (χ2n) is 4.75. The van der Waals surface area contributed by atoms with Gasteiger partial charge >= 0.3 is 6.18 Å². The fraction of sp³-hybridized carbons (Fsp3) is 0.909. The highest BCUT2D eigenvalue weighted by molar-refractivity contribution is 5.80. The van der Waals surface area contributed by atoms with Crippen molar-refractivity contribution in [1.82, 2.24) is 4.90 Å². The van der Waals surface area contributed by atoms with Crippen molar-refractivity contribution in [1.29, 1.82) is 5.41 Å². The van der Waals surface area contributed by atoms with Crippen molar-refractivity contribution in [2.24, 2.45) is 17.6 Å². The zero-order valence-electron chi connectivity index (χ0n) is 10.1. The zero-order valence-corrected chi connectivity index (χ0v) is 10.1. The van der Waals surface area contributed by atoms with Crippen molar-refractivity contribution in [2.75, 3.05) is 19.6 Å². The number of nitrogens with zero attached hydrogens (tertiary/aromatic N) is 1. The van der Waals surface area contributed by atoms with Gasteiger partial charge in [0.1, 0.15) is 11.8 Å². The number of hydrogen-bond donors (Lipinski definition) is 2. The third-order valence-corrected chi connectivity index (χ3v) is 2.96. The third-order valence-electron chi connectivity index (χ3n) is 2.96. The molecule has 0 heterocycles. The van der Waals surface area contributed by atoms with Gasteiger partial charge in [-0.15, -0.1) is 0 Å². The van der Waals surface area contributed by atoms with E-state index in [0.29, 0.717) is 19.0 Å². The molecule has 1 aliphatic rings. The monoisotopic (exact) mass is 251 g/mol. The fourth-order valence-electron chi connectivity index (χ4n) is 1.88. The maximum absolute atomic E-state index is 12.7. The molecule has 1 atom stereocenters. The van der Waals surface area contributed by atoms with Crippen molar-refractivity contribution in [3.63, 3.8) is 0 Å². The summed E-state index contributed by atoms with van der Waals surface area (Å²) in [6, 6.07) is 0. The summed E-state index contributed by atoms with van der Waals surface area (Å²) in [6.45, 7) is 3.10. The van der Waals surface area contributed by atoms with Crippen LogP contribution < -0.4 is 5.73 Å². The van der Waals surface area contributed by atoms with Crippen LogP contribution in [0.25, 0.3) is 0 Å². The molecule has 0 aliphatic heterocycles. The van der Waals surface area contributed by atoms with Gasteiger partial charge in [0.15, 0.2) is 0 Å². The Morgan fingerprint density at radius 2 is 2.06 bits per heavy atom. The molecule has 0 amide bonds. The van der Waals surface area contributed by atoms with Gasteiger partial charge in [-0.2, -0.15) is 13.2 Å². The average Bonchev–Trinajstić information content (AvgIpc) is 2.95. The summed E-state index contributed by atoms with van der Waals surface area (Å²) in [5.41, 5.74) is 5.05. The minimum atomic E-state index is -4.42. The van der Waals surface area contributed by atoms with Crippen LogP contribution in [0.15, 0.2) is 0 Å². The Kier molecular flexibility index (Phi) is 4.80. The number of halogens is 3. The highest BCUT2D eigenvalue weighted by Gasteiger charge is 2.43. The lowest BCUT2D eigenvalue weighted by atomic mass is 10.1. The second kappa shape index (κ2) is 5.71. The molecule has 6 heteroatoms. The molecule has 0 bridgehead atoms. The first-order chi connectivity index (χ1) is 7.84. The molecule has 3 N–H and O–H groups in total. The van der Waals surface area contributed by atoms with E-state index in [9.17, 15) is 13.2 Å². The Labute approximate surface area is 99.7 Å². The molecule has 0 aromatic heterocycles. The van der Waals surface area contributed by atoms with Gasteiger partial charge in [-0.25, -0.2) is 0 Å². The highest BCUT2D eigenvalue weighted by atomic mass is 19.4. The smallest absolute Gasteiger partial charge is 0.387 e. The van der Waals surface area contributed by atoms with Gasteiger partial charge in [-0.05, 0) is 31.7 Å². The van der Waals surface area contributed by atoms with Crippen LogP contribution in [0, 0.1) is 17.2 Å². The molecule has 1 fully saturated rings. The minimum absolute atomic E-state index is 0.177. The van der Waals surface area contributed by atoms with E-state index in [1.165, 1.54) is 0 Å². The number of rotatable bonds is 7. The quantitative estimate of drug-likeness (QED) is 0.538. The van der Waals surface area contributed by atoms with E-state index in [0.717, 1.165) is 19.3 Å². The summed E-state index contributed by atoms with van der Waals surface area (Å²) in [7, 11) is 0. The van der Waals surface area contributed by atoms with Gasteiger partial charge in [0.05, 0.1) is 0 Å². The molecule has 1 saturated carbocycles. The van der Waals surface area contributed by atoms with Crippen molar-refractivity contribution in [3.05, 3.63) is 0 Å². The lowest BCUT2D eigenvalue weighted by Gasteiger charge is -2.27. The van der Waals surface area contributed by atoms with Crippen LogP contribution in [-0.2, 0) is 0 Å². The van der Waals surface area contributed by atoms with Gasteiger partial charge in [-0.3, -0.25) is 5.41 Å². The van der Waals surface area contributed by atoms with Crippen LogP contribution in [0.3, 0.4) is 0 Å². The first-order valence-corrected chi connectivity index (χ1v) is 5.97. The normalized spacial score (nSPS) is 18.4. The van der Waals surface area contributed by atoms with Crippen LogP contribution >= 0.6 is 0 Å². The molecule has 1 rings (SSSR count).